The molecule has 13 heavy (non-hydrogen) atoms. The Morgan fingerprint density at radius 1 is 1.46 bits per heavy atom. The molecular weight excluding hydrogens is 164 g/mol. The van der Waals surface area contributed by atoms with Crippen molar-refractivity contribution in [2.75, 3.05) is 13.1 Å². The van der Waals surface area contributed by atoms with E-state index >= 15 is 0 Å². The van der Waals surface area contributed by atoms with Crippen molar-refractivity contribution in [3.8, 4) is 0 Å². The standard InChI is InChI=1S/C9H18N4/c1-7-3-5-13(6-4-7)9(11)12-8(2)10/h7H,3-6H2,1-2H3,(H3,10,11,12). The van der Waals surface area contributed by atoms with Crippen LogP contribution in [0, 0.1) is 11.3 Å². The van der Waals surface area contributed by atoms with E-state index in [1.165, 1.54) is 0 Å². The molecule has 4 nitrogen and oxygen atoms in total. The van der Waals surface area contributed by atoms with Crippen LogP contribution < -0.4 is 5.73 Å². The van der Waals surface area contributed by atoms with Crippen LogP contribution in [0.1, 0.15) is 26.7 Å². The predicted octanol–water partition coefficient (Wildman–Crippen LogP) is 1.03. The Bertz CT molecular complexity index is 210. The fourth-order valence-electron chi connectivity index (χ4n) is 1.46. The Kier molecular flexibility index (Phi) is 3.28. The van der Waals surface area contributed by atoms with Crippen LogP contribution in [0.5, 0.6) is 0 Å². The van der Waals surface area contributed by atoms with E-state index in [4.69, 9.17) is 11.1 Å². The van der Waals surface area contributed by atoms with E-state index in [0.717, 1.165) is 31.8 Å². The van der Waals surface area contributed by atoms with E-state index in [1.54, 1.807) is 6.92 Å². The maximum absolute atomic E-state index is 7.64. The number of likely N-dealkylation sites (tertiary alicyclic amines) is 1. The van der Waals surface area contributed by atoms with Gasteiger partial charge in [-0.1, -0.05) is 6.92 Å². The third-order valence-electron chi connectivity index (χ3n) is 2.37. The van der Waals surface area contributed by atoms with Gasteiger partial charge in [0.15, 0.2) is 0 Å². The summed E-state index contributed by atoms with van der Waals surface area (Å²) in [5.41, 5.74) is 5.41. The molecule has 0 unspecified atom stereocenters. The average molecular weight is 182 g/mol. The number of amidine groups is 1. The van der Waals surface area contributed by atoms with Crippen LogP contribution in [-0.2, 0) is 0 Å². The summed E-state index contributed by atoms with van der Waals surface area (Å²) in [6.07, 6.45) is 2.31. The lowest BCUT2D eigenvalue weighted by molar-refractivity contribution is 0.277. The molecule has 1 fully saturated rings. The third kappa shape index (κ3) is 3.05. The summed E-state index contributed by atoms with van der Waals surface area (Å²) in [5.74, 6) is 1.56. The molecule has 0 aromatic heterocycles. The van der Waals surface area contributed by atoms with Crippen molar-refractivity contribution in [1.29, 1.82) is 5.41 Å². The second-order valence-corrected chi connectivity index (χ2v) is 3.75. The van der Waals surface area contributed by atoms with Gasteiger partial charge in [-0.2, -0.15) is 0 Å². The molecule has 3 N–H and O–H groups in total. The van der Waals surface area contributed by atoms with E-state index in [1.807, 2.05) is 4.90 Å². The van der Waals surface area contributed by atoms with Crippen LogP contribution in [0.2, 0.25) is 0 Å². The fourth-order valence-corrected chi connectivity index (χ4v) is 1.46. The van der Waals surface area contributed by atoms with E-state index in [-0.39, 0.29) is 0 Å². The monoisotopic (exact) mass is 182 g/mol. The van der Waals surface area contributed by atoms with Gasteiger partial charge >= 0.3 is 0 Å². The largest absolute Gasteiger partial charge is 0.387 e. The zero-order chi connectivity index (χ0) is 9.84. The quantitative estimate of drug-likeness (QED) is 0.434. The lowest BCUT2D eigenvalue weighted by Crippen LogP contribution is -2.37. The second-order valence-electron chi connectivity index (χ2n) is 3.75. The molecule has 1 aliphatic heterocycles. The summed E-state index contributed by atoms with van der Waals surface area (Å²) < 4.78 is 0. The van der Waals surface area contributed by atoms with Crippen LogP contribution in [0.25, 0.3) is 0 Å². The predicted molar refractivity (Wildman–Crippen MR) is 55.0 cm³/mol. The van der Waals surface area contributed by atoms with Gasteiger partial charge in [0, 0.05) is 13.1 Å². The number of nitrogens with two attached hydrogens (primary N) is 1. The van der Waals surface area contributed by atoms with Gasteiger partial charge in [-0.3, -0.25) is 5.41 Å². The molecule has 0 radical (unpaired) electrons. The van der Waals surface area contributed by atoms with Crippen molar-refractivity contribution < 1.29 is 0 Å². The van der Waals surface area contributed by atoms with Crippen LogP contribution >= 0.6 is 0 Å². The molecule has 0 atom stereocenters. The Morgan fingerprint density at radius 2 is 2.00 bits per heavy atom. The van der Waals surface area contributed by atoms with Crippen molar-refractivity contribution in [3.05, 3.63) is 0 Å². The molecule has 1 heterocycles. The zero-order valence-electron chi connectivity index (χ0n) is 8.38. The molecule has 0 saturated carbocycles. The first kappa shape index (κ1) is 10.0. The van der Waals surface area contributed by atoms with Crippen molar-refractivity contribution in [3.63, 3.8) is 0 Å². The van der Waals surface area contributed by atoms with Crippen LogP contribution in [0.4, 0.5) is 0 Å². The highest BCUT2D eigenvalue weighted by molar-refractivity contribution is 5.92. The summed E-state index contributed by atoms with van der Waals surface area (Å²) in [6, 6.07) is 0. The summed E-state index contributed by atoms with van der Waals surface area (Å²) in [6.45, 7) is 5.84. The fraction of sp³-hybridized carbons (Fsp3) is 0.778. The van der Waals surface area contributed by atoms with Gasteiger partial charge in [-0.25, -0.2) is 4.99 Å². The van der Waals surface area contributed by atoms with E-state index in [0.29, 0.717) is 11.8 Å². The lowest BCUT2D eigenvalue weighted by atomic mass is 10.00. The first-order valence-electron chi connectivity index (χ1n) is 4.74. The van der Waals surface area contributed by atoms with Crippen molar-refractivity contribution in [2.24, 2.45) is 16.6 Å². The maximum Gasteiger partial charge on any atom is 0.219 e. The number of rotatable bonds is 0. The average Bonchev–Trinajstić information content (AvgIpc) is 2.04. The highest BCUT2D eigenvalue weighted by Crippen LogP contribution is 2.15. The number of hydrogen-bond acceptors (Lipinski definition) is 1. The number of guanidine groups is 1. The smallest absolute Gasteiger partial charge is 0.219 e. The van der Waals surface area contributed by atoms with Crippen LogP contribution in [-0.4, -0.2) is 29.8 Å². The number of aliphatic imine (C=N–C) groups is 1. The van der Waals surface area contributed by atoms with Gasteiger partial charge in [0.2, 0.25) is 5.96 Å². The van der Waals surface area contributed by atoms with Crippen LogP contribution in [0.3, 0.4) is 0 Å². The molecule has 0 aromatic rings. The molecule has 4 heteroatoms. The Balaban J connectivity index is 2.45. The normalized spacial score (nSPS) is 20.5. The van der Waals surface area contributed by atoms with Crippen molar-refractivity contribution in [1.82, 2.24) is 4.90 Å². The molecule has 1 rings (SSSR count). The van der Waals surface area contributed by atoms with Gasteiger partial charge < -0.3 is 10.6 Å². The zero-order valence-corrected chi connectivity index (χ0v) is 8.38. The Hall–Kier alpha value is -1.06. The van der Waals surface area contributed by atoms with Crippen molar-refractivity contribution >= 4 is 11.8 Å². The topological polar surface area (TPSA) is 65.5 Å². The summed E-state index contributed by atoms with van der Waals surface area (Å²) >= 11 is 0. The van der Waals surface area contributed by atoms with Gasteiger partial charge in [0.25, 0.3) is 0 Å². The number of hydrogen-bond donors (Lipinski definition) is 2. The van der Waals surface area contributed by atoms with E-state index in [2.05, 4.69) is 11.9 Å². The van der Waals surface area contributed by atoms with Crippen molar-refractivity contribution in [2.45, 2.75) is 26.7 Å². The minimum Gasteiger partial charge on any atom is -0.387 e. The van der Waals surface area contributed by atoms with Crippen LogP contribution in [0.15, 0.2) is 4.99 Å². The Morgan fingerprint density at radius 3 is 2.46 bits per heavy atom. The minimum atomic E-state index is 0.312. The SMILES string of the molecule is CC(N)=NC(=N)N1CCC(C)CC1. The molecule has 0 amide bonds. The first-order chi connectivity index (χ1) is 6.09. The van der Waals surface area contributed by atoms with Gasteiger partial charge in [-0.15, -0.1) is 0 Å². The molecule has 0 aromatic carbocycles. The summed E-state index contributed by atoms with van der Waals surface area (Å²) in [7, 11) is 0. The van der Waals surface area contributed by atoms with E-state index < -0.39 is 0 Å². The third-order valence-corrected chi connectivity index (χ3v) is 2.37. The summed E-state index contributed by atoms with van der Waals surface area (Å²) in [5, 5.41) is 7.64. The minimum absolute atomic E-state index is 0.312. The van der Waals surface area contributed by atoms with Gasteiger partial charge in [0.05, 0.1) is 5.84 Å². The van der Waals surface area contributed by atoms with E-state index in [9.17, 15) is 0 Å². The van der Waals surface area contributed by atoms with Gasteiger partial charge in [0.1, 0.15) is 0 Å². The number of nitrogens with one attached hydrogen (secondary N) is 1. The molecule has 0 bridgehead atoms. The second kappa shape index (κ2) is 4.25. The highest BCUT2D eigenvalue weighted by atomic mass is 15.3. The lowest BCUT2D eigenvalue weighted by Gasteiger charge is -2.30. The van der Waals surface area contributed by atoms with Gasteiger partial charge in [-0.05, 0) is 25.7 Å². The molecule has 74 valence electrons. The maximum atomic E-state index is 7.64. The molecule has 0 aliphatic carbocycles. The molecule has 1 aliphatic rings. The number of piperidine rings is 1. The molecule has 0 spiro atoms. The Labute approximate surface area is 79.3 Å². The summed E-state index contributed by atoms with van der Waals surface area (Å²) in [4.78, 5) is 5.91. The molecule has 1 saturated heterocycles. The highest BCUT2D eigenvalue weighted by Gasteiger charge is 2.17. The first-order valence-corrected chi connectivity index (χ1v) is 4.74. The number of nitrogens with zero attached hydrogens (tertiary/aromatic N) is 2. The molecular formula is C9H18N4.